The second-order valence-electron chi connectivity index (χ2n) is 6.21. The number of nitrogens with zero attached hydrogens (tertiary/aromatic N) is 3. The van der Waals surface area contributed by atoms with Gasteiger partial charge in [-0.15, -0.1) is 0 Å². The molecule has 27 heavy (non-hydrogen) atoms. The van der Waals surface area contributed by atoms with Crippen LogP contribution in [0.1, 0.15) is 17.2 Å². The summed E-state index contributed by atoms with van der Waals surface area (Å²) in [7, 11) is 0. The molecule has 1 aliphatic rings. The van der Waals surface area contributed by atoms with Crippen LogP contribution in [0.15, 0.2) is 47.5 Å². The summed E-state index contributed by atoms with van der Waals surface area (Å²) in [6, 6.07) is 10.0. The summed E-state index contributed by atoms with van der Waals surface area (Å²) in [6.45, 7) is 2.94. The number of phenolic OH excluding ortho intramolecular Hbond substituents is 1. The van der Waals surface area contributed by atoms with E-state index in [1.165, 1.54) is 36.5 Å². The van der Waals surface area contributed by atoms with Gasteiger partial charge in [-0.05, 0) is 23.8 Å². The fourth-order valence-electron chi connectivity index (χ4n) is 3.04. The van der Waals surface area contributed by atoms with E-state index in [1.807, 2.05) is 6.07 Å². The topological polar surface area (TPSA) is 88.2 Å². The van der Waals surface area contributed by atoms with Gasteiger partial charge >= 0.3 is 0 Å². The molecule has 1 fully saturated rings. The van der Waals surface area contributed by atoms with Crippen LogP contribution in [0.25, 0.3) is 0 Å². The summed E-state index contributed by atoms with van der Waals surface area (Å²) in [6.07, 6.45) is 1.41. The molecule has 0 amide bonds. The van der Waals surface area contributed by atoms with Crippen LogP contribution in [0.2, 0.25) is 0 Å². The molecule has 0 saturated carbocycles. The number of nitro groups is 1. The molecule has 0 spiro atoms. The van der Waals surface area contributed by atoms with E-state index in [2.05, 4.69) is 9.89 Å². The lowest BCUT2D eigenvalue weighted by Gasteiger charge is -2.34. The van der Waals surface area contributed by atoms with Crippen LogP contribution in [0.3, 0.4) is 0 Å². The van der Waals surface area contributed by atoms with Crippen molar-refractivity contribution in [3.63, 3.8) is 0 Å². The fraction of sp³-hybridized carbons (Fsp3) is 0.316. The molecule has 1 aliphatic heterocycles. The molecule has 0 aliphatic carbocycles. The maximum absolute atomic E-state index is 13.7. The quantitative estimate of drug-likeness (QED) is 0.478. The van der Waals surface area contributed by atoms with Gasteiger partial charge in [-0.2, -0.15) is 0 Å². The van der Waals surface area contributed by atoms with Crippen molar-refractivity contribution in [2.75, 3.05) is 32.8 Å². The number of ether oxygens (including phenoxy) is 1. The number of rotatable bonds is 6. The molecule has 0 bridgehead atoms. The monoisotopic (exact) mass is 373 g/mol. The van der Waals surface area contributed by atoms with Crippen LogP contribution in [0.5, 0.6) is 5.75 Å². The van der Waals surface area contributed by atoms with E-state index in [0.29, 0.717) is 32.8 Å². The zero-order chi connectivity index (χ0) is 19.2. The number of aromatic hydroxyl groups is 1. The Kier molecular flexibility index (Phi) is 6.10. The van der Waals surface area contributed by atoms with Gasteiger partial charge in [0.2, 0.25) is 0 Å². The molecule has 8 heteroatoms. The van der Waals surface area contributed by atoms with E-state index in [4.69, 9.17) is 4.74 Å². The predicted octanol–water partition coefficient (Wildman–Crippen LogP) is 2.93. The number of hydrogen-bond donors (Lipinski definition) is 1. The predicted molar refractivity (Wildman–Crippen MR) is 98.8 cm³/mol. The Hall–Kier alpha value is -2.84. The zero-order valence-electron chi connectivity index (χ0n) is 14.6. The van der Waals surface area contributed by atoms with E-state index in [9.17, 15) is 19.6 Å². The van der Waals surface area contributed by atoms with Crippen molar-refractivity contribution in [3.8, 4) is 5.75 Å². The van der Waals surface area contributed by atoms with Crippen molar-refractivity contribution in [1.29, 1.82) is 0 Å². The minimum absolute atomic E-state index is 0.0852. The summed E-state index contributed by atoms with van der Waals surface area (Å²) in [4.78, 5) is 16.9. The molecule has 0 aromatic heterocycles. The van der Waals surface area contributed by atoms with Crippen LogP contribution in [0, 0.1) is 15.9 Å². The molecule has 3 rings (SSSR count). The summed E-state index contributed by atoms with van der Waals surface area (Å²) in [5, 5.41) is 20.8. The van der Waals surface area contributed by atoms with Gasteiger partial charge in [-0.25, -0.2) is 4.39 Å². The minimum atomic E-state index is -0.528. The van der Waals surface area contributed by atoms with E-state index in [-0.39, 0.29) is 28.9 Å². The smallest absolute Gasteiger partial charge is 0.270 e. The molecular formula is C19H20FN3O4. The highest BCUT2D eigenvalue weighted by Gasteiger charge is 2.22. The summed E-state index contributed by atoms with van der Waals surface area (Å²) in [5.74, 6) is -0.399. The first kappa shape index (κ1) is 18.9. The number of nitro benzene ring substituents is 1. The van der Waals surface area contributed by atoms with Crippen LogP contribution < -0.4 is 0 Å². The number of aliphatic imine (C=N–C) groups is 1. The lowest BCUT2D eigenvalue weighted by molar-refractivity contribution is -0.384. The third kappa shape index (κ3) is 4.87. The molecule has 1 atom stereocenters. The maximum atomic E-state index is 13.7. The standard InChI is InChI=1S/C19H20FN3O4/c20-16-3-1-2-14(10-16)18(22-6-8-27-9-7-22)13-21-12-15-11-17(23(25)26)4-5-19(15)24/h1-5,10-12,18,24H,6-9,13H2. The molecule has 2 aromatic rings. The van der Waals surface area contributed by atoms with Crippen molar-refractivity contribution < 1.29 is 19.2 Å². The SMILES string of the molecule is O=[N+]([O-])c1ccc(O)c(C=NCC(c2cccc(F)c2)N2CCOCC2)c1. The van der Waals surface area contributed by atoms with Gasteiger partial charge in [-0.1, -0.05) is 12.1 Å². The maximum Gasteiger partial charge on any atom is 0.270 e. The van der Waals surface area contributed by atoms with Gasteiger partial charge in [0.05, 0.1) is 30.7 Å². The van der Waals surface area contributed by atoms with Gasteiger partial charge in [-0.3, -0.25) is 20.0 Å². The minimum Gasteiger partial charge on any atom is -0.507 e. The van der Waals surface area contributed by atoms with Crippen LogP contribution in [0.4, 0.5) is 10.1 Å². The molecule has 1 saturated heterocycles. The number of halogens is 1. The van der Waals surface area contributed by atoms with Crippen molar-refractivity contribution in [3.05, 3.63) is 69.5 Å². The Morgan fingerprint density at radius 1 is 1.30 bits per heavy atom. The van der Waals surface area contributed by atoms with Crippen LogP contribution in [-0.4, -0.2) is 54.0 Å². The Bertz CT molecular complexity index is 837. The summed E-state index contributed by atoms with van der Waals surface area (Å²) >= 11 is 0. The highest BCUT2D eigenvalue weighted by Crippen LogP contribution is 2.24. The van der Waals surface area contributed by atoms with Crippen molar-refractivity contribution in [1.82, 2.24) is 4.90 Å². The zero-order valence-corrected chi connectivity index (χ0v) is 14.6. The fourth-order valence-corrected chi connectivity index (χ4v) is 3.04. The number of phenols is 1. The summed E-state index contributed by atoms with van der Waals surface area (Å²) in [5.41, 5.74) is 0.950. The molecule has 1 heterocycles. The number of benzene rings is 2. The van der Waals surface area contributed by atoms with Gasteiger partial charge in [0.25, 0.3) is 5.69 Å². The highest BCUT2D eigenvalue weighted by molar-refractivity contribution is 5.84. The number of morpholine rings is 1. The number of hydrogen-bond acceptors (Lipinski definition) is 6. The van der Waals surface area contributed by atoms with E-state index in [0.717, 1.165) is 5.56 Å². The second kappa shape index (κ2) is 8.70. The summed E-state index contributed by atoms with van der Waals surface area (Å²) < 4.78 is 19.1. The van der Waals surface area contributed by atoms with E-state index in [1.54, 1.807) is 6.07 Å². The molecule has 142 valence electrons. The second-order valence-corrected chi connectivity index (χ2v) is 6.21. The van der Waals surface area contributed by atoms with Gasteiger partial charge < -0.3 is 9.84 Å². The Labute approximate surface area is 155 Å². The first-order valence-electron chi connectivity index (χ1n) is 8.59. The van der Waals surface area contributed by atoms with Gasteiger partial charge in [0, 0.05) is 37.0 Å². The lowest BCUT2D eigenvalue weighted by atomic mass is 10.0. The average molecular weight is 373 g/mol. The number of non-ortho nitro benzene ring substituents is 1. The molecule has 1 N–H and O–H groups in total. The van der Waals surface area contributed by atoms with Crippen LogP contribution >= 0.6 is 0 Å². The van der Waals surface area contributed by atoms with Crippen LogP contribution in [-0.2, 0) is 4.74 Å². The Balaban J connectivity index is 1.81. The third-order valence-electron chi connectivity index (χ3n) is 4.45. The normalized spacial score (nSPS) is 16.5. The first-order valence-corrected chi connectivity index (χ1v) is 8.59. The van der Waals surface area contributed by atoms with E-state index >= 15 is 0 Å². The largest absolute Gasteiger partial charge is 0.507 e. The molecule has 0 radical (unpaired) electrons. The lowest BCUT2D eigenvalue weighted by Crippen LogP contribution is -2.40. The molecular weight excluding hydrogens is 353 g/mol. The average Bonchev–Trinajstić information content (AvgIpc) is 2.67. The third-order valence-corrected chi connectivity index (χ3v) is 4.45. The first-order chi connectivity index (χ1) is 13.0. The van der Waals surface area contributed by atoms with Gasteiger partial charge in [0.15, 0.2) is 0 Å². The molecule has 1 unspecified atom stereocenters. The highest BCUT2D eigenvalue weighted by atomic mass is 19.1. The molecule has 7 nitrogen and oxygen atoms in total. The van der Waals surface area contributed by atoms with Crippen molar-refractivity contribution in [2.24, 2.45) is 4.99 Å². The van der Waals surface area contributed by atoms with Crippen molar-refractivity contribution >= 4 is 11.9 Å². The van der Waals surface area contributed by atoms with Gasteiger partial charge in [0.1, 0.15) is 11.6 Å². The van der Waals surface area contributed by atoms with Crippen molar-refractivity contribution in [2.45, 2.75) is 6.04 Å². The van der Waals surface area contributed by atoms with E-state index < -0.39 is 4.92 Å². The Morgan fingerprint density at radius 2 is 2.07 bits per heavy atom. The Morgan fingerprint density at radius 3 is 2.78 bits per heavy atom. The molecule has 2 aromatic carbocycles.